The third-order valence-electron chi connectivity index (χ3n) is 4.19. The molecule has 1 fully saturated rings. The molecule has 19 heavy (non-hydrogen) atoms. The maximum atomic E-state index is 13.5. The smallest absolute Gasteiger partial charge is 0.125 e. The van der Waals surface area contributed by atoms with Gasteiger partial charge in [-0.25, -0.2) is 9.37 Å². The molecule has 1 aromatic heterocycles. The highest BCUT2D eigenvalue weighted by atomic mass is 35.5. The van der Waals surface area contributed by atoms with Gasteiger partial charge in [-0.2, -0.15) is 0 Å². The number of nitrogens with zero attached hydrogens (tertiary/aromatic N) is 2. The monoisotopic (exact) mass is 280 g/mol. The molecule has 102 valence electrons. The second-order valence-corrected chi connectivity index (χ2v) is 5.85. The van der Waals surface area contributed by atoms with Crippen LogP contribution in [0.1, 0.15) is 44.5 Å². The molecule has 0 unspecified atom stereocenters. The zero-order valence-electron chi connectivity index (χ0n) is 11.1. The van der Waals surface area contributed by atoms with E-state index < -0.39 is 0 Å². The van der Waals surface area contributed by atoms with Crippen molar-refractivity contribution in [2.45, 2.75) is 44.5 Å². The Bertz CT molecular complexity index is 585. The number of benzene rings is 1. The van der Waals surface area contributed by atoms with Crippen molar-refractivity contribution < 1.29 is 4.39 Å². The summed E-state index contributed by atoms with van der Waals surface area (Å²) in [5, 5.41) is 0. The van der Waals surface area contributed by atoms with E-state index in [-0.39, 0.29) is 5.82 Å². The molecule has 0 spiro atoms. The average Bonchev–Trinajstić information content (AvgIpc) is 2.77. The highest BCUT2D eigenvalue weighted by Crippen LogP contribution is 2.35. The van der Waals surface area contributed by atoms with Crippen LogP contribution in [0, 0.1) is 11.7 Å². The van der Waals surface area contributed by atoms with Crippen molar-refractivity contribution in [3.8, 4) is 0 Å². The minimum absolute atomic E-state index is 0.209. The van der Waals surface area contributed by atoms with Crippen molar-refractivity contribution in [2.24, 2.45) is 5.92 Å². The second-order valence-electron chi connectivity index (χ2n) is 5.58. The van der Waals surface area contributed by atoms with E-state index in [1.54, 1.807) is 12.1 Å². The fourth-order valence-electron chi connectivity index (χ4n) is 3.12. The van der Waals surface area contributed by atoms with Crippen LogP contribution in [0.15, 0.2) is 18.2 Å². The molecule has 1 aliphatic carbocycles. The van der Waals surface area contributed by atoms with Crippen molar-refractivity contribution in [3.05, 3.63) is 29.8 Å². The number of hydrogen-bond donors (Lipinski definition) is 0. The van der Waals surface area contributed by atoms with Gasteiger partial charge in [0.15, 0.2) is 0 Å². The van der Waals surface area contributed by atoms with Crippen LogP contribution in [0.25, 0.3) is 11.0 Å². The van der Waals surface area contributed by atoms with E-state index in [9.17, 15) is 4.39 Å². The van der Waals surface area contributed by atoms with Crippen LogP contribution in [0.3, 0.4) is 0 Å². The molecule has 0 aliphatic heterocycles. The summed E-state index contributed by atoms with van der Waals surface area (Å²) >= 11 is 6.01. The van der Waals surface area contributed by atoms with Gasteiger partial charge in [0.25, 0.3) is 0 Å². The Balaban J connectivity index is 2.07. The van der Waals surface area contributed by atoms with Crippen LogP contribution in [-0.2, 0) is 5.88 Å². The van der Waals surface area contributed by atoms with Crippen LogP contribution >= 0.6 is 11.6 Å². The molecule has 0 amide bonds. The first kappa shape index (κ1) is 12.9. The van der Waals surface area contributed by atoms with E-state index >= 15 is 0 Å². The standard InChI is InChI=1S/C15H18ClFN2/c1-10-2-5-12(6-3-10)19-14-8-11(17)4-7-13(14)18-15(19)9-16/h4,7-8,10,12H,2-3,5-6,9H2,1H3. The van der Waals surface area contributed by atoms with E-state index in [1.165, 1.54) is 18.9 Å². The molecule has 1 aliphatic rings. The van der Waals surface area contributed by atoms with Gasteiger partial charge in [-0.3, -0.25) is 0 Å². The van der Waals surface area contributed by atoms with E-state index in [0.717, 1.165) is 35.6 Å². The predicted octanol–water partition coefficient (Wildman–Crippen LogP) is 4.67. The quantitative estimate of drug-likeness (QED) is 0.731. The largest absolute Gasteiger partial charge is 0.324 e. The predicted molar refractivity (Wildman–Crippen MR) is 75.9 cm³/mol. The van der Waals surface area contributed by atoms with E-state index in [4.69, 9.17) is 11.6 Å². The maximum absolute atomic E-state index is 13.5. The molecule has 1 heterocycles. The number of imidazole rings is 1. The molecule has 3 rings (SSSR count). The van der Waals surface area contributed by atoms with Crippen molar-refractivity contribution in [1.29, 1.82) is 0 Å². The van der Waals surface area contributed by atoms with Gasteiger partial charge in [0.1, 0.15) is 11.6 Å². The number of fused-ring (bicyclic) bond motifs is 1. The maximum Gasteiger partial charge on any atom is 0.125 e. The summed E-state index contributed by atoms with van der Waals surface area (Å²) in [4.78, 5) is 4.53. The minimum Gasteiger partial charge on any atom is -0.324 e. The summed E-state index contributed by atoms with van der Waals surface area (Å²) in [7, 11) is 0. The number of halogens is 2. The highest BCUT2D eigenvalue weighted by molar-refractivity contribution is 6.16. The van der Waals surface area contributed by atoms with Crippen LogP contribution < -0.4 is 0 Å². The van der Waals surface area contributed by atoms with Gasteiger partial charge in [-0.1, -0.05) is 6.92 Å². The Morgan fingerprint density at radius 2 is 2.05 bits per heavy atom. The summed E-state index contributed by atoms with van der Waals surface area (Å²) in [6.07, 6.45) is 4.71. The summed E-state index contributed by atoms with van der Waals surface area (Å²) in [6.45, 7) is 2.30. The first-order valence-electron chi connectivity index (χ1n) is 6.91. The van der Waals surface area contributed by atoms with Crippen LogP contribution in [0.4, 0.5) is 4.39 Å². The topological polar surface area (TPSA) is 17.8 Å². The van der Waals surface area contributed by atoms with Crippen molar-refractivity contribution >= 4 is 22.6 Å². The third kappa shape index (κ3) is 2.36. The van der Waals surface area contributed by atoms with Crippen LogP contribution in [0.2, 0.25) is 0 Å². The lowest BCUT2D eigenvalue weighted by molar-refractivity contribution is 0.290. The Labute approximate surface area is 117 Å². The molecule has 1 aromatic carbocycles. The van der Waals surface area contributed by atoms with Gasteiger partial charge < -0.3 is 4.57 Å². The SMILES string of the molecule is CC1CCC(n2c(CCl)nc3ccc(F)cc32)CC1. The molecule has 2 aromatic rings. The summed E-state index contributed by atoms with van der Waals surface area (Å²) < 4.78 is 15.6. The summed E-state index contributed by atoms with van der Waals surface area (Å²) in [6, 6.07) is 5.19. The minimum atomic E-state index is -0.209. The molecular formula is C15H18ClFN2. The van der Waals surface area contributed by atoms with Gasteiger partial charge in [0.2, 0.25) is 0 Å². The molecule has 0 saturated heterocycles. The molecule has 0 bridgehead atoms. The normalized spacial score (nSPS) is 23.9. The Hall–Kier alpha value is -1.09. The van der Waals surface area contributed by atoms with Crippen LogP contribution in [0.5, 0.6) is 0 Å². The van der Waals surface area contributed by atoms with Crippen LogP contribution in [-0.4, -0.2) is 9.55 Å². The Morgan fingerprint density at radius 1 is 1.32 bits per heavy atom. The van der Waals surface area contributed by atoms with E-state index in [2.05, 4.69) is 16.5 Å². The fourth-order valence-corrected chi connectivity index (χ4v) is 3.31. The zero-order valence-corrected chi connectivity index (χ0v) is 11.8. The third-order valence-corrected chi connectivity index (χ3v) is 4.43. The highest BCUT2D eigenvalue weighted by Gasteiger charge is 2.23. The van der Waals surface area contributed by atoms with Crippen molar-refractivity contribution in [1.82, 2.24) is 9.55 Å². The van der Waals surface area contributed by atoms with Gasteiger partial charge in [-0.05, 0) is 49.8 Å². The lowest BCUT2D eigenvalue weighted by Gasteiger charge is -2.28. The van der Waals surface area contributed by atoms with E-state index in [0.29, 0.717) is 11.9 Å². The lowest BCUT2D eigenvalue weighted by Crippen LogP contribution is -2.18. The first-order chi connectivity index (χ1) is 9.19. The summed E-state index contributed by atoms with van der Waals surface area (Å²) in [5.41, 5.74) is 1.73. The summed E-state index contributed by atoms with van der Waals surface area (Å²) in [5.74, 6) is 1.82. The molecule has 0 atom stereocenters. The molecule has 2 nitrogen and oxygen atoms in total. The van der Waals surface area contributed by atoms with Crippen molar-refractivity contribution in [3.63, 3.8) is 0 Å². The van der Waals surface area contributed by atoms with E-state index in [1.807, 2.05) is 0 Å². The zero-order chi connectivity index (χ0) is 13.4. The van der Waals surface area contributed by atoms with Crippen molar-refractivity contribution in [2.75, 3.05) is 0 Å². The number of hydrogen-bond acceptors (Lipinski definition) is 1. The van der Waals surface area contributed by atoms with Gasteiger partial charge >= 0.3 is 0 Å². The Kier molecular flexibility index (Phi) is 3.48. The number of alkyl halides is 1. The Morgan fingerprint density at radius 3 is 2.74 bits per heavy atom. The molecule has 1 saturated carbocycles. The average molecular weight is 281 g/mol. The van der Waals surface area contributed by atoms with Gasteiger partial charge in [0, 0.05) is 6.04 Å². The second kappa shape index (κ2) is 5.12. The first-order valence-corrected chi connectivity index (χ1v) is 7.45. The molecule has 0 radical (unpaired) electrons. The molecule has 4 heteroatoms. The number of rotatable bonds is 2. The van der Waals surface area contributed by atoms with Gasteiger partial charge in [0.05, 0.1) is 16.9 Å². The van der Waals surface area contributed by atoms with Gasteiger partial charge in [-0.15, -0.1) is 11.6 Å². The fraction of sp³-hybridized carbons (Fsp3) is 0.533. The molecular weight excluding hydrogens is 263 g/mol. The molecule has 0 N–H and O–H groups in total. The lowest BCUT2D eigenvalue weighted by atomic mass is 9.87. The number of aromatic nitrogens is 2.